The molecule has 1 amide bonds. The van der Waals surface area contributed by atoms with E-state index in [-0.39, 0.29) is 5.91 Å². The zero-order valence-electron chi connectivity index (χ0n) is 14.1. The molecule has 134 valence electrons. The van der Waals surface area contributed by atoms with E-state index >= 15 is 0 Å². The van der Waals surface area contributed by atoms with Crippen LogP contribution >= 0.6 is 23.1 Å². The fraction of sp³-hybridized carbons (Fsp3) is 0.750. The SMILES string of the molecule is Cc1csc(SCC(=O)N2CCOC[C@@](O)(CN3CCCC3)C2)n1. The van der Waals surface area contributed by atoms with Gasteiger partial charge in [-0.25, -0.2) is 4.98 Å². The molecule has 1 aromatic heterocycles. The fourth-order valence-electron chi connectivity index (χ4n) is 3.20. The average Bonchev–Trinajstić information content (AvgIpc) is 3.15. The topological polar surface area (TPSA) is 65.9 Å². The van der Waals surface area contributed by atoms with Crippen molar-refractivity contribution in [3.8, 4) is 0 Å². The maximum Gasteiger partial charge on any atom is 0.233 e. The zero-order valence-corrected chi connectivity index (χ0v) is 15.7. The Kier molecular flexibility index (Phi) is 6.15. The number of thioether (sulfide) groups is 1. The minimum absolute atomic E-state index is 0.0400. The van der Waals surface area contributed by atoms with Crippen LogP contribution in [0.4, 0.5) is 0 Å². The molecule has 1 atom stereocenters. The first kappa shape index (κ1) is 18.1. The summed E-state index contributed by atoms with van der Waals surface area (Å²) in [6, 6.07) is 0. The van der Waals surface area contributed by atoms with Crippen LogP contribution in [0.25, 0.3) is 0 Å². The Morgan fingerprint density at radius 2 is 2.25 bits per heavy atom. The standard InChI is InChI=1S/C16H25N3O3S2/c1-13-8-23-15(17-13)24-9-14(20)19-6-7-22-12-16(21,11-19)10-18-4-2-3-5-18/h8,21H,2-7,9-12H2,1H3/t16-/m1/s1. The van der Waals surface area contributed by atoms with Gasteiger partial charge in [0.25, 0.3) is 0 Å². The molecule has 6 nitrogen and oxygen atoms in total. The van der Waals surface area contributed by atoms with Crippen molar-refractivity contribution in [1.29, 1.82) is 0 Å². The molecule has 0 saturated carbocycles. The Balaban J connectivity index is 1.55. The molecule has 1 aromatic rings. The Labute approximate surface area is 151 Å². The summed E-state index contributed by atoms with van der Waals surface area (Å²) in [4.78, 5) is 20.9. The second-order valence-corrected chi connectivity index (χ2v) is 8.70. The first-order valence-corrected chi connectivity index (χ1v) is 10.3. The molecule has 0 spiro atoms. The lowest BCUT2D eigenvalue weighted by Gasteiger charge is -2.34. The predicted octanol–water partition coefficient (Wildman–Crippen LogP) is 1.23. The highest BCUT2D eigenvalue weighted by Crippen LogP contribution is 2.24. The fourth-order valence-corrected chi connectivity index (χ4v) is 4.95. The number of nitrogens with zero attached hydrogens (tertiary/aromatic N) is 3. The van der Waals surface area contributed by atoms with Crippen molar-refractivity contribution in [1.82, 2.24) is 14.8 Å². The molecule has 0 bridgehead atoms. The third kappa shape index (κ3) is 4.92. The van der Waals surface area contributed by atoms with Crippen LogP contribution < -0.4 is 0 Å². The Morgan fingerprint density at radius 1 is 1.46 bits per heavy atom. The van der Waals surface area contributed by atoms with Crippen molar-refractivity contribution in [3.63, 3.8) is 0 Å². The molecular formula is C16H25N3O3S2. The summed E-state index contributed by atoms with van der Waals surface area (Å²) in [5.41, 5.74) is 0.0111. The van der Waals surface area contributed by atoms with Gasteiger partial charge in [0, 0.05) is 24.2 Å². The third-order valence-corrected chi connectivity index (χ3v) is 6.47. The van der Waals surface area contributed by atoms with Gasteiger partial charge in [0.15, 0.2) is 4.34 Å². The lowest BCUT2D eigenvalue weighted by Crippen LogP contribution is -2.53. The molecule has 2 aliphatic heterocycles. The highest BCUT2D eigenvalue weighted by molar-refractivity contribution is 8.01. The first-order valence-electron chi connectivity index (χ1n) is 8.39. The van der Waals surface area contributed by atoms with Gasteiger partial charge in [-0.15, -0.1) is 11.3 Å². The normalized spacial score (nSPS) is 25.8. The number of aliphatic hydroxyl groups is 1. The Bertz CT molecular complexity index is 563. The minimum Gasteiger partial charge on any atom is -0.384 e. The van der Waals surface area contributed by atoms with Crippen LogP contribution in [0, 0.1) is 6.92 Å². The van der Waals surface area contributed by atoms with Gasteiger partial charge in [-0.05, 0) is 32.9 Å². The van der Waals surface area contributed by atoms with Crippen LogP contribution in [0.3, 0.4) is 0 Å². The number of carbonyl (C=O) groups excluding carboxylic acids is 1. The van der Waals surface area contributed by atoms with Gasteiger partial charge in [0.05, 0.1) is 25.5 Å². The molecule has 0 unspecified atom stereocenters. The second-order valence-electron chi connectivity index (χ2n) is 6.62. The average molecular weight is 372 g/mol. The quantitative estimate of drug-likeness (QED) is 0.786. The third-order valence-electron chi connectivity index (χ3n) is 4.35. The number of hydrogen-bond donors (Lipinski definition) is 1. The maximum absolute atomic E-state index is 12.6. The van der Waals surface area contributed by atoms with Crippen LogP contribution in [-0.4, -0.2) is 83.1 Å². The molecule has 0 radical (unpaired) electrons. The first-order chi connectivity index (χ1) is 11.5. The van der Waals surface area contributed by atoms with Gasteiger partial charge in [-0.2, -0.15) is 0 Å². The van der Waals surface area contributed by atoms with Gasteiger partial charge in [-0.3, -0.25) is 4.79 Å². The molecule has 3 heterocycles. The largest absolute Gasteiger partial charge is 0.384 e. The molecule has 3 rings (SSSR count). The summed E-state index contributed by atoms with van der Waals surface area (Å²) >= 11 is 3.03. The molecule has 24 heavy (non-hydrogen) atoms. The van der Waals surface area contributed by atoms with Crippen LogP contribution in [0.15, 0.2) is 9.72 Å². The number of amides is 1. The second kappa shape index (κ2) is 8.14. The highest BCUT2D eigenvalue weighted by atomic mass is 32.2. The van der Waals surface area contributed by atoms with Crippen LogP contribution in [0.1, 0.15) is 18.5 Å². The molecular weight excluding hydrogens is 346 g/mol. The summed E-state index contributed by atoms with van der Waals surface area (Å²) in [7, 11) is 0. The maximum atomic E-state index is 12.6. The summed E-state index contributed by atoms with van der Waals surface area (Å²) in [5.74, 6) is 0.394. The summed E-state index contributed by atoms with van der Waals surface area (Å²) in [6.45, 7) is 6.24. The van der Waals surface area contributed by atoms with E-state index in [1.807, 2.05) is 12.3 Å². The predicted molar refractivity (Wildman–Crippen MR) is 95.6 cm³/mol. The van der Waals surface area contributed by atoms with Gasteiger partial charge < -0.3 is 19.6 Å². The van der Waals surface area contributed by atoms with Crippen molar-refractivity contribution < 1.29 is 14.6 Å². The van der Waals surface area contributed by atoms with E-state index in [2.05, 4.69) is 9.88 Å². The van der Waals surface area contributed by atoms with Gasteiger partial charge in [0.2, 0.25) is 5.91 Å². The highest BCUT2D eigenvalue weighted by Gasteiger charge is 2.36. The number of β-amino-alcohol motifs (C(OH)–C–C–N with tert-alkyl or cyclic N) is 1. The molecule has 0 aliphatic carbocycles. The zero-order chi connectivity index (χ0) is 17.0. The van der Waals surface area contributed by atoms with E-state index in [9.17, 15) is 9.90 Å². The van der Waals surface area contributed by atoms with E-state index in [0.29, 0.717) is 38.6 Å². The molecule has 2 fully saturated rings. The number of rotatable bonds is 5. The molecule has 8 heteroatoms. The summed E-state index contributed by atoms with van der Waals surface area (Å²) in [6.07, 6.45) is 2.37. The van der Waals surface area contributed by atoms with Crippen LogP contribution in [0.2, 0.25) is 0 Å². The van der Waals surface area contributed by atoms with E-state index in [0.717, 1.165) is 23.1 Å². The monoisotopic (exact) mass is 371 g/mol. The Hall–Kier alpha value is -0.670. The minimum atomic E-state index is -0.973. The number of ether oxygens (including phenoxy) is 1. The number of thiazole rings is 1. The van der Waals surface area contributed by atoms with Crippen LogP contribution in [-0.2, 0) is 9.53 Å². The smallest absolute Gasteiger partial charge is 0.233 e. The lowest BCUT2D eigenvalue weighted by molar-refractivity contribution is -0.131. The molecule has 1 N–H and O–H groups in total. The lowest BCUT2D eigenvalue weighted by atomic mass is 10.0. The number of likely N-dealkylation sites (tertiary alicyclic amines) is 1. The van der Waals surface area contributed by atoms with Gasteiger partial charge >= 0.3 is 0 Å². The van der Waals surface area contributed by atoms with Crippen molar-refractivity contribution in [2.75, 3.05) is 51.7 Å². The van der Waals surface area contributed by atoms with Crippen molar-refractivity contribution in [2.24, 2.45) is 0 Å². The number of aryl methyl sites for hydroxylation is 1. The van der Waals surface area contributed by atoms with E-state index in [1.165, 1.54) is 24.6 Å². The number of carbonyl (C=O) groups is 1. The molecule has 2 aliphatic rings. The van der Waals surface area contributed by atoms with E-state index in [1.54, 1.807) is 16.2 Å². The van der Waals surface area contributed by atoms with Gasteiger partial charge in [-0.1, -0.05) is 11.8 Å². The summed E-state index contributed by atoms with van der Waals surface area (Å²) < 4.78 is 6.50. The number of hydrogen-bond acceptors (Lipinski definition) is 7. The molecule has 2 saturated heterocycles. The number of aromatic nitrogens is 1. The van der Waals surface area contributed by atoms with Gasteiger partial charge in [0.1, 0.15) is 5.60 Å². The van der Waals surface area contributed by atoms with E-state index < -0.39 is 5.60 Å². The van der Waals surface area contributed by atoms with E-state index in [4.69, 9.17) is 4.74 Å². The summed E-state index contributed by atoms with van der Waals surface area (Å²) in [5, 5.41) is 12.9. The molecule has 0 aromatic carbocycles. The van der Waals surface area contributed by atoms with Crippen molar-refractivity contribution in [2.45, 2.75) is 29.7 Å². The van der Waals surface area contributed by atoms with Crippen molar-refractivity contribution >= 4 is 29.0 Å². The Morgan fingerprint density at radius 3 is 2.96 bits per heavy atom. The van der Waals surface area contributed by atoms with Crippen LogP contribution in [0.5, 0.6) is 0 Å². The van der Waals surface area contributed by atoms with Crippen molar-refractivity contribution in [3.05, 3.63) is 11.1 Å².